The van der Waals surface area contributed by atoms with Gasteiger partial charge in [0.05, 0.1) is 22.5 Å². The van der Waals surface area contributed by atoms with Crippen LogP contribution >= 0.6 is 11.8 Å². The van der Waals surface area contributed by atoms with Crippen LogP contribution in [0, 0.1) is 10.1 Å². The molecule has 0 aliphatic heterocycles. The highest BCUT2D eigenvalue weighted by molar-refractivity contribution is 7.98. The molecule has 2 aromatic rings. The molecule has 0 aliphatic carbocycles. The highest BCUT2D eigenvalue weighted by Gasteiger charge is 2.18. The Morgan fingerprint density at radius 2 is 1.95 bits per heavy atom. The number of ether oxygens (including phenoxy) is 1. The van der Waals surface area contributed by atoms with Crippen LogP contribution in [-0.2, 0) is 10.5 Å². The molecule has 0 atom stereocenters. The number of benzene rings is 2. The van der Waals surface area contributed by atoms with Crippen molar-refractivity contribution in [2.45, 2.75) is 10.6 Å². The number of thioether (sulfide) groups is 1. The lowest BCUT2D eigenvalue weighted by Crippen LogP contribution is -2.02. The normalized spacial score (nSPS) is 10.1. The van der Waals surface area contributed by atoms with Crippen LogP contribution in [0.25, 0.3) is 0 Å². The minimum atomic E-state index is -0.585. The largest absolute Gasteiger partial charge is 0.465 e. The second kappa shape index (κ2) is 6.90. The number of nitrogens with zero attached hydrogens (tertiary/aromatic N) is 1. The third-order valence-corrected chi connectivity index (χ3v) is 3.95. The van der Waals surface area contributed by atoms with Gasteiger partial charge in [-0.3, -0.25) is 10.1 Å². The molecule has 0 bridgehead atoms. The van der Waals surface area contributed by atoms with E-state index >= 15 is 0 Å². The van der Waals surface area contributed by atoms with Gasteiger partial charge in [0.25, 0.3) is 5.69 Å². The Bertz CT molecular complexity index is 658. The standard InChI is InChI=1S/C15H13NO4S/c1-20-15(17)12-7-8-14(13(9-12)16(18)19)21-10-11-5-3-2-4-6-11/h2-9H,10H2,1H3. The highest BCUT2D eigenvalue weighted by atomic mass is 32.2. The first-order valence-corrected chi connectivity index (χ1v) is 7.14. The molecule has 21 heavy (non-hydrogen) atoms. The lowest BCUT2D eigenvalue weighted by atomic mass is 10.2. The van der Waals surface area contributed by atoms with E-state index in [4.69, 9.17) is 0 Å². The van der Waals surface area contributed by atoms with Crippen LogP contribution in [0.15, 0.2) is 53.4 Å². The number of esters is 1. The van der Waals surface area contributed by atoms with Crippen LogP contribution in [0.5, 0.6) is 0 Å². The maximum absolute atomic E-state index is 11.4. The van der Waals surface area contributed by atoms with Gasteiger partial charge in [-0.15, -0.1) is 11.8 Å². The molecule has 2 aromatic carbocycles. The summed E-state index contributed by atoms with van der Waals surface area (Å²) in [4.78, 5) is 22.6. The maximum Gasteiger partial charge on any atom is 0.338 e. The molecule has 108 valence electrons. The monoisotopic (exact) mass is 303 g/mol. The Balaban J connectivity index is 2.22. The topological polar surface area (TPSA) is 69.4 Å². The quantitative estimate of drug-likeness (QED) is 0.365. The van der Waals surface area contributed by atoms with E-state index < -0.39 is 10.9 Å². The molecular weight excluding hydrogens is 290 g/mol. The molecule has 0 amide bonds. The van der Waals surface area contributed by atoms with Crippen LogP contribution in [-0.4, -0.2) is 18.0 Å². The van der Waals surface area contributed by atoms with Crippen molar-refractivity contribution >= 4 is 23.4 Å². The minimum Gasteiger partial charge on any atom is -0.465 e. The van der Waals surface area contributed by atoms with Crippen molar-refractivity contribution < 1.29 is 14.5 Å². The Labute approximate surface area is 126 Å². The van der Waals surface area contributed by atoms with Crippen LogP contribution in [0.2, 0.25) is 0 Å². The molecule has 6 heteroatoms. The highest BCUT2D eigenvalue weighted by Crippen LogP contribution is 2.32. The lowest BCUT2D eigenvalue weighted by molar-refractivity contribution is -0.387. The van der Waals surface area contributed by atoms with Gasteiger partial charge in [-0.25, -0.2) is 4.79 Å². The summed E-state index contributed by atoms with van der Waals surface area (Å²) in [6.07, 6.45) is 0. The molecule has 0 saturated heterocycles. The summed E-state index contributed by atoms with van der Waals surface area (Å²) in [5.74, 6) is 0.0388. The molecule has 0 aromatic heterocycles. The molecule has 0 N–H and O–H groups in total. The molecule has 0 aliphatic rings. The molecule has 0 unspecified atom stereocenters. The van der Waals surface area contributed by atoms with Gasteiger partial charge in [-0.2, -0.15) is 0 Å². The molecule has 0 heterocycles. The maximum atomic E-state index is 11.4. The molecule has 0 radical (unpaired) electrons. The number of nitro groups is 1. The lowest BCUT2D eigenvalue weighted by Gasteiger charge is -2.05. The second-order valence-electron chi connectivity index (χ2n) is 4.21. The van der Waals surface area contributed by atoms with E-state index in [-0.39, 0.29) is 11.3 Å². The third-order valence-electron chi connectivity index (χ3n) is 2.81. The number of carbonyl (C=O) groups is 1. The van der Waals surface area contributed by atoms with Gasteiger partial charge in [0.15, 0.2) is 0 Å². The number of hydrogen-bond acceptors (Lipinski definition) is 5. The second-order valence-corrected chi connectivity index (χ2v) is 5.22. The molecule has 5 nitrogen and oxygen atoms in total. The fraction of sp³-hybridized carbons (Fsp3) is 0.133. The zero-order chi connectivity index (χ0) is 15.2. The number of hydrogen-bond donors (Lipinski definition) is 0. The minimum absolute atomic E-state index is 0.0844. The van der Waals surface area contributed by atoms with E-state index in [1.54, 1.807) is 6.07 Å². The zero-order valence-electron chi connectivity index (χ0n) is 11.3. The van der Waals surface area contributed by atoms with Gasteiger partial charge in [-0.1, -0.05) is 30.3 Å². The first kappa shape index (κ1) is 15.1. The number of nitro benzene ring substituents is 1. The van der Waals surface area contributed by atoms with Gasteiger partial charge in [-0.05, 0) is 17.7 Å². The van der Waals surface area contributed by atoms with E-state index in [1.807, 2.05) is 30.3 Å². The molecule has 2 rings (SSSR count). The van der Waals surface area contributed by atoms with E-state index in [1.165, 1.54) is 31.0 Å². The summed E-state index contributed by atoms with van der Waals surface area (Å²) in [5.41, 5.74) is 1.17. The summed E-state index contributed by atoms with van der Waals surface area (Å²) in [6.45, 7) is 0. The Kier molecular flexibility index (Phi) is 4.94. The summed E-state index contributed by atoms with van der Waals surface area (Å²) >= 11 is 1.36. The van der Waals surface area contributed by atoms with Crippen LogP contribution in [0.3, 0.4) is 0 Å². The van der Waals surface area contributed by atoms with Gasteiger partial charge in [0.1, 0.15) is 0 Å². The van der Waals surface area contributed by atoms with E-state index in [2.05, 4.69) is 4.74 Å². The summed E-state index contributed by atoms with van der Waals surface area (Å²) < 4.78 is 4.57. The Morgan fingerprint density at radius 3 is 2.57 bits per heavy atom. The van der Waals surface area contributed by atoms with Crippen molar-refractivity contribution in [2.24, 2.45) is 0 Å². The van der Waals surface area contributed by atoms with Crippen molar-refractivity contribution in [3.8, 4) is 0 Å². The van der Waals surface area contributed by atoms with Gasteiger partial charge < -0.3 is 4.74 Å². The van der Waals surface area contributed by atoms with E-state index in [0.29, 0.717) is 10.6 Å². The van der Waals surface area contributed by atoms with Crippen molar-refractivity contribution in [2.75, 3.05) is 7.11 Å². The summed E-state index contributed by atoms with van der Waals surface area (Å²) in [6, 6.07) is 14.0. The molecular formula is C15H13NO4S. The summed E-state index contributed by atoms with van der Waals surface area (Å²) in [7, 11) is 1.24. The number of methoxy groups -OCH3 is 1. The smallest absolute Gasteiger partial charge is 0.338 e. The van der Waals surface area contributed by atoms with Crippen LogP contribution < -0.4 is 0 Å². The fourth-order valence-electron chi connectivity index (χ4n) is 1.76. The molecule has 0 saturated carbocycles. The molecule has 0 spiro atoms. The number of rotatable bonds is 5. The van der Waals surface area contributed by atoms with Crippen molar-refractivity contribution in [3.63, 3.8) is 0 Å². The van der Waals surface area contributed by atoms with E-state index in [0.717, 1.165) is 5.56 Å². The number of carbonyl (C=O) groups excluding carboxylic acids is 1. The zero-order valence-corrected chi connectivity index (χ0v) is 12.1. The van der Waals surface area contributed by atoms with Gasteiger partial charge >= 0.3 is 5.97 Å². The summed E-state index contributed by atoms with van der Waals surface area (Å²) in [5, 5.41) is 11.1. The average molecular weight is 303 g/mol. The van der Waals surface area contributed by atoms with Gasteiger partial charge in [0.2, 0.25) is 0 Å². The fourth-order valence-corrected chi connectivity index (χ4v) is 2.72. The van der Waals surface area contributed by atoms with Crippen molar-refractivity contribution in [1.29, 1.82) is 0 Å². The Morgan fingerprint density at radius 1 is 1.24 bits per heavy atom. The van der Waals surface area contributed by atoms with Gasteiger partial charge in [0, 0.05) is 11.8 Å². The SMILES string of the molecule is COC(=O)c1ccc(SCc2ccccc2)c([N+](=O)[O-])c1. The predicted octanol–water partition coefficient (Wildman–Crippen LogP) is 3.67. The molecule has 0 fully saturated rings. The van der Waals surface area contributed by atoms with Crippen LogP contribution in [0.4, 0.5) is 5.69 Å². The van der Waals surface area contributed by atoms with E-state index in [9.17, 15) is 14.9 Å². The predicted molar refractivity (Wildman–Crippen MR) is 80.4 cm³/mol. The third kappa shape index (κ3) is 3.82. The average Bonchev–Trinajstić information content (AvgIpc) is 2.52. The van der Waals surface area contributed by atoms with Crippen molar-refractivity contribution in [3.05, 3.63) is 69.8 Å². The van der Waals surface area contributed by atoms with Crippen molar-refractivity contribution in [1.82, 2.24) is 0 Å². The first-order valence-electron chi connectivity index (χ1n) is 6.15. The first-order chi connectivity index (χ1) is 10.1. The Hall–Kier alpha value is -2.34. The van der Waals surface area contributed by atoms with Crippen LogP contribution in [0.1, 0.15) is 15.9 Å².